The smallest absolute Gasteiger partial charge is 0.255 e. The van der Waals surface area contributed by atoms with Gasteiger partial charge in [-0.05, 0) is 30.5 Å². The average Bonchev–Trinajstić information content (AvgIpc) is 2.57. The number of benzene rings is 1. The summed E-state index contributed by atoms with van der Waals surface area (Å²) in [5.74, 6) is 0. The van der Waals surface area contributed by atoms with Gasteiger partial charge in [-0.25, -0.2) is 0 Å². The van der Waals surface area contributed by atoms with E-state index in [1.54, 1.807) is 0 Å². The second-order valence-electron chi connectivity index (χ2n) is 3.74. The lowest BCUT2D eigenvalue weighted by molar-refractivity contribution is 0.353. The molecule has 0 N–H and O–H groups in total. The summed E-state index contributed by atoms with van der Waals surface area (Å²) in [6.07, 6.45) is 4.85. The van der Waals surface area contributed by atoms with Gasteiger partial charge >= 0.3 is 5.19 Å². The minimum absolute atomic E-state index is 0.0873. The van der Waals surface area contributed by atoms with E-state index in [-0.39, 0.29) is 5.19 Å². The topological polar surface area (TPSA) is 32.8 Å². The van der Waals surface area contributed by atoms with Crippen molar-refractivity contribution in [1.29, 1.82) is 0 Å². The maximum atomic E-state index is 11.1. The van der Waals surface area contributed by atoms with Crippen molar-refractivity contribution in [2.45, 2.75) is 32.6 Å². The molecule has 1 aromatic heterocycles. The van der Waals surface area contributed by atoms with Gasteiger partial charge in [-0.15, -0.1) is 0 Å². The molecule has 1 heterocycles. The molecule has 0 unspecified atom stereocenters. The third kappa shape index (κ3) is 2.48. The summed E-state index contributed by atoms with van der Waals surface area (Å²) >= 11 is 1.24. The van der Waals surface area contributed by atoms with Crippen LogP contribution in [0.5, 0.6) is 5.19 Å². The first-order valence-electron chi connectivity index (χ1n) is 5.36. The Morgan fingerprint density at radius 1 is 1.33 bits per heavy atom. The molecule has 79 valence electrons. The molecule has 2 rings (SSSR count). The number of hydrogen-bond acceptors (Lipinski definition) is 2. The summed E-state index contributed by atoms with van der Waals surface area (Å²) in [4.78, 5) is 3.91. The minimum atomic E-state index is -0.0873. The lowest BCUT2D eigenvalue weighted by Crippen LogP contribution is -1.84. The largest absolute Gasteiger partial charge is 0.327 e. The Bertz CT molecular complexity index is 450. The van der Waals surface area contributed by atoms with Crippen molar-refractivity contribution in [3.63, 3.8) is 0 Å². The van der Waals surface area contributed by atoms with E-state index >= 15 is 0 Å². The molecule has 0 aliphatic rings. The molecule has 0 aliphatic heterocycles. The predicted octanol–water partition coefficient (Wildman–Crippen LogP) is 4.17. The van der Waals surface area contributed by atoms with Gasteiger partial charge in [0.05, 0.1) is 10.2 Å². The first-order chi connectivity index (χ1) is 7.29. The Morgan fingerprint density at radius 2 is 2.20 bits per heavy atom. The molecule has 1 aromatic carbocycles. The second kappa shape index (κ2) is 4.62. The van der Waals surface area contributed by atoms with Gasteiger partial charge in [0.15, 0.2) is 0 Å². The van der Waals surface area contributed by atoms with E-state index < -0.39 is 0 Å². The molecule has 0 atom stereocenters. The van der Waals surface area contributed by atoms with E-state index in [0.717, 1.165) is 16.6 Å². The van der Waals surface area contributed by atoms with Crippen LogP contribution in [0.4, 0.5) is 0 Å². The third-order valence-corrected chi connectivity index (χ3v) is 3.32. The summed E-state index contributed by atoms with van der Waals surface area (Å²) in [5.41, 5.74) is 2.16. The van der Waals surface area contributed by atoms with Crippen molar-refractivity contribution in [2.24, 2.45) is 0 Å². The van der Waals surface area contributed by atoms with E-state index in [4.69, 9.17) is 0 Å². The molecule has 0 spiro atoms. The van der Waals surface area contributed by atoms with Gasteiger partial charge in [0.25, 0.3) is 0 Å². The molecular weight excluding hydrogens is 206 g/mol. The van der Waals surface area contributed by atoms with Crippen molar-refractivity contribution in [3.05, 3.63) is 23.8 Å². The van der Waals surface area contributed by atoms with Gasteiger partial charge in [0.1, 0.15) is 0 Å². The highest BCUT2D eigenvalue weighted by molar-refractivity contribution is 7.20. The van der Waals surface area contributed by atoms with Crippen LogP contribution in [0.2, 0.25) is 0 Å². The number of aryl methyl sites for hydroxylation is 1. The zero-order valence-corrected chi connectivity index (χ0v) is 9.64. The lowest BCUT2D eigenvalue weighted by atomic mass is 10.1. The second-order valence-corrected chi connectivity index (χ2v) is 4.73. The molecule has 3 heteroatoms. The number of aromatic nitrogens is 1. The fourth-order valence-corrected chi connectivity index (χ4v) is 2.44. The molecule has 0 aliphatic carbocycles. The highest BCUT2D eigenvalue weighted by Gasteiger charge is 2.04. The zero-order valence-electron chi connectivity index (χ0n) is 8.82. The van der Waals surface area contributed by atoms with Gasteiger partial charge in [0, 0.05) is 0 Å². The van der Waals surface area contributed by atoms with Crippen LogP contribution in [-0.2, 0) is 11.5 Å². The van der Waals surface area contributed by atoms with E-state index in [1.165, 1.54) is 36.2 Å². The van der Waals surface area contributed by atoms with E-state index in [2.05, 4.69) is 24.0 Å². The maximum Gasteiger partial charge on any atom is 0.327 e. The van der Waals surface area contributed by atoms with E-state index in [0.29, 0.717) is 0 Å². The number of hydrogen-bond donors (Lipinski definition) is 0. The molecule has 0 saturated heterocycles. The Kier molecular flexibility index (Phi) is 3.21. The van der Waals surface area contributed by atoms with Crippen molar-refractivity contribution in [2.75, 3.05) is 0 Å². The molecule has 0 amide bonds. The van der Waals surface area contributed by atoms with Crippen LogP contribution in [-0.4, -0.2) is 4.98 Å². The Morgan fingerprint density at radius 3 is 3.00 bits per heavy atom. The highest BCUT2D eigenvalue weighted by Crippen LogP contribution is 2.28. The number of fused-ring (bicyclic) bond motifs is 1. The fraction of sp³-hybridized carbons (Fsp3) is 0.417. The Balaban J connectivity index is 2.15. The molecule has 2 aromatic rings. The van der Waals surface area contributed by atoms with Gasteiger partial charge in [-0.3, -0.25) is 5.11 Å². The molecule has 0 fully saturated rings. The Hall–Kier alpha value is -1.09. The monoisotopic (exact) mass is 220 g/mol. The van der Waals surface area contributed by atoms with Crippen LogP contribution in [0.3, 0.4) is 0 Å². The summed E-state index contributed by atoms with van der Waals surface area (Å²) in [5, 5.41) is 11.0. The summed E-state index contributed by atoms with van der Waals surface area (Å²) in [6.45, 7) is 2.20. The van der Waals surface area contributed by atoms with Crippen LogP contribution >= 0.6 is 11.3 Å². The van der Waals surface area contributed by atoms with Crippen LogP contribution in [0.15, 0.2) is 18.2 Å². The van der Waals surface area contributed by atoms with Crippen molar-refractivity contribution in [3.8, 4) is 5.19 Å². The fourth-order valence-electron chi connectivity index (χ4n) is 1.68. The van der Waals surface area contributed by atoms with Gasteiger partial charge < -0.3 is 0 Å². The maximum absolute atomic E-state index is 11.1. The molecular formula is C12H14NOS. The predicted molar refractivity (Wildman–Crippen MR) is 63.0 cm³/mol. The van der Waals surface area contributed by atoms with Crippen LogP contribution in [0, 0.1) is 0 Å². The van der Waals surface area contributed by atoms with Crippen LogP contribution in [0.25, 0.3) is 10.2 Å². The summed E-state index contributed by atoms with van der Waals surface area (Å²) in [7, 11) is 0. The first-order valence-corrected chi connectivity index (χ1v) is 6.17. The highest BCUT2D eigenvalue weighted by atomic mass is 32.1. The molecule has 1 radical (unpaired) electrons. The van der Waals surface area contributed by atoms with Crippen LogP contribution in [0.1, 0.15) is 31.7 Å². The number of rotatable bonds is 4. The SMILES string of the molecule is CCCCCc1ccc2nc([O])sc2c1. The Labute approximate surface area is 93.6 Å². The number of thiazole rings is 1. The number of unbranched alkanes of at least 4 members (excludes halogenated alkanes) is 2. The van der Waals surface area contributed by atoms with Crippen molar-refractivity contribution in [1.82, 2.24) is 4.98 Å². The van der Waals surface area contributed by atoms with E-state index in [1.807, 2.05) is 6.07 Å². The zero-order chi connectivity index (χ0) is 10.7. The van der Waals surface area contributed by atoms with Crippen molar-refractivity contribution >= 4 is 21.6 Å². The minimum Gasteiger partial charge on any atom is -0.255 e. The van der Waals surface area contributed by atoms with Gasteiger partial charge in [-0.1, -0.05) is 37.2 Å². The summed E-state index contributed by atoms with van der Waals surface area (Å²) in [6, 6.07) is 6.13. The quantitative estimate of drug-likeness (QED) is 0.712. The normalized spacial score (nSPS) is 11.0. The average molecular weight is 220 g/mol. The van der Waals surface area contributed by atoms with Crippen molar-refractivity contribution < 1.29 is 5.11 Å². The molecule has 15 heavy (non-hydrogen) atoms. The van der Waals surface area contributed by atoms with Gasteiger partial charge in [0.2, 0.25) is 0 Å². The molecule has 0 saturated carbocycles. The summed E-state index contributed by atoms with van der Waals surface area (Å²) < 4.78 is 1.02. The van der Waals surface area contributed by atoms with Gasteiger partial charge in [-0.2, -0.15) is 4.98 Å². The first kappa shape index (κ1) is 10.4. The van der Waals surface area contributed by atoms with E-state index in [9.17, 15) is 5.11 Å². The standard InChI is InChI=1S/C12H14NOS/c1-2-3-4-5-9-6-7-10-11(8-9)15-12(14)13-10/h6-8H,2-5H2,1H3. The molecule has 2 nitrogen and oxygen atoms in total. The van der Waals surface area contributed by atoms with Crippen LogP contribution < -0.4 is 0 Å². The number of nitrogens with zero attached hydrogens (tertiary/aromatic N) is 1. The third-order valence-electron chi connectivity index (χ3n) is 2.50. The lowest BCUT2D eigenvalue weighted by Gasteiger charge is -1.99. The molecule has 0 bridgehead atoms.